The second kappa shape index (κ2) is 8.14. The van der Waals surface area contributed by atoms with Crippen molar-refractivity contribution in [3.8, 4) is 11.8 Å². The summed E-state index contributed by atoms with van der Waals surface area (Å²) >= 11 is 0. The molecule has 2 aromatic carbocycles. The Balaban J connectivity index is 2.04. The highest BCUT2D eigenvalue weighted by molar-refractivity contribution is 5.94. The Morgan fingerprint density at radius 2 is 1.79 bits per heavy atom. The summed E-state index contributed by atoms with van der Waals surface area (Å²) in [6.45, 7) is 0.484. The zero-order valence-electron chi connectivity index (χ0n) is 14.1. The highest BCUT2D eigenvalue weighted by atomic mass is 16.5. The van der Waals surface area contributed by atoms with Crippen molar-refractivity contribution in [1.29, 1.82) is 5.26 Å². The van der Waals surface area contributed by atoms with Gasteiger partial charge in [-0.1, -0.05) is 12.1 Å². The van der Waals surface area contributed by atoms with Gasteiger partial charge in [0.05, 0.1) is 24.8 Å². The van der Waals surface area contributed by atoms with Crippen molar-refractivity contribution in [2.45, 2.75) is 6.04 Å². The summed E-state index contributed by atoms with van der Waals surface area (Å²) in [6, 6.07) is 16.5. The minimum atomic E-state index is -0.153. The fourth-order valence-electron chi connectivity index (χ4n) is 2.41. The van der Waals surface area contributed by atoms with Crippen LogP contribution >= 0.6 is 0 Å². The summed E-state index contributed by atoms with van der Waals surface area (Å²) < 4.78 is 5.18. The second-order valence-electron chi connectivity index (χ2n) is 5.65. The molecule has 0 aliphatic heterocycles. The molecule has 0 bridgehead atoms. The van der Waals surface area contributed by atoms with Gasteiger partial charge in [0, 0.05) is 12.1 Å². The maximum Gasteiger partial charge on any atom is 0.251 e. The van der Waals surface area contributed by atoms with E-state index in [1.165, 1.54) is 0 Å². The van der Waals surface area contributed by atoms with E-state index < -0.39 is 0 Å². The lowest BCUT2D eigenvalue weighted by atomic mass is 10.1. The standard InChI is InChI=1S/C19H21N3O2/c1-22(2)18(15-8-10-17(24-3)11-9-15)13-21-19(23)16-6-4-14(12-20)5-7-16/h4-11,18H,13H2,1-3H3,(H,21,23). The van der Waals surface area contributed by atoms with Crippen LogP contribution in [0.5, 0.6) is 5.75 Å². The summed E-state index contributed by atoms with van der Waals surface area (Å²) in [6.07, 6.45) is 0. The van der Waals surface area contributed by atoms with Gasteiger partial charge in [-0.15, -0.1) is 0 Å². The number of nitriles is 1. The maximum atomic E-state index is 12.3. The first-order valence-electron chi connectivity index (χ1n) is 7.64. The number of carbonyl (C=O) groups is 1. The zero-order chi connectivity index (χ0) is 17.5. The molecule has 124 valence electrons. The number of nitrogens with one attached hydrogen (secondary N) is 1. The quantitative estimate of drug-likeness (QED) is 0.887. The van der Waals surface area contributed by atoms with Crippen LogP contribution in [-0.4, -0.2) is 38.6 Å². The van der Waals surface area contributed by atoms with Crippen LogP contribution in [0, 0.1) is 11.3 Å². The van der Waals surface area contributed by atoms with Crippen molar-refractivity contribution in [2.75, 3.05) is 27.7 Å². The van der Waals surface area contributed by atoms with Crippen molar-refractivity contribution in [3.63, 3.8) is 0 Å². The monoisotopic (exact) mass is 323 g/mol. The summed E-state index contributed by atoms with van der Waals surface area (Å²) in [5.74, 6) is 0.651. The van der Waals surface area contributed by atoms with Crippen LogP contribution in [0.4, 0.5) is 0 Å². The fraction of sp³-hybridized carbons (Fsp3) is 0.263. The molecule has 0 saturated carbocycles. The smallest absolute Gasteiger partial charge is 0.251 e. The normalized spacial score (nSPS) is 11.6. The molecule has 0 radical (unpaired) electrons. The van der Waals surface area contributed by atoms with E-state index in [-0.39, 0.29) is 11.9 Å². The van der Waals surface area contributed by atoms with Crippen molar-refractivity contribution in [3.05, 3.63) is 65.2 Å². The first-order chi connectivity index (χ1) is 11.5. The molecule has 1 atom stereocenters. The number of carbonyl (C=O) groups excluding carboxylic acids is 1. The number of nitrogens with zero attached hydrogens (tertiary/aromatic N) is 2. The van der Waals surface area contributed by atoms with E-state index >= 15 is 0 Å². The topological polar surface area (TPSA) is 65.4 Å². The number of benzene rings is 2. The lowest BCUT2D eigenvalue weighted by Crippen LogP contribution is -2.34. The van der Waals surface area contributed by atoms with Crippen molar-refractivity contribution in [2.24, 2.45) is 0 Å². The Kier molecular flexibility index (Phi) is 5.94. The summed E-state index contributed by atoms with van der Waals surface area (Å²) in [7, 11) is 5.59. The highest BCUT2D eigenvalue weighted by Crippen LogP contribution is 2.20. The van der Waals surface area contributed by atoms with Crippen molar-refractivity contribution >= 4 is 5.91 Å². The number of ether oxygens (including phenoxy) is 1. The van der Waals surface area contributed by atoms with Crippen molar-refractivity contribution in [1.82, 2.24) is 10.2 Å². The number of rotatable bonds is 6. The van der Waals surface area contributed by atoms with Crippen LogP contribution in [0.1, 0.15) is 27.5 Å². The first kappa shape index (κ1) is 17.5. The van der Waals surface area contributed by atoms with E-state index in [1.807, 2.05) is 44.4 Å². The molecule has 0 heterocycles. The van der Waals surface area contributed by atoms with Crippen LogP contribution in [0.25, 0.3) is 0 Å². The highest BCUT2D eigenvalue weighted by Gasteiger charge is 2.16. The molecule has 1 unspecified atom stereocenters. The van der Waals surface area contributed by atoms with Crippen LogP contribution in [-0.2, 0) is 0 Å². The molecule has 0 aliphatic carbocycles. The molecule has 2 rings (SSSR count). The van der Waals surface area contributed by atoms with Gasteiger partial charge in [0.15, 0.2) is 0 Å². The average Bonchev–Trinajstić information content (AvgIpc) is 2.62. The maximum absolute atomic E-state index is 12.3. The summed E-state index contributed by atoms with van der Waals surface area (Å²) in [5.41, 5.74) is 2.18. The van der Waals surface area contributed by atoms with Gasteiger partial charge in [0.25, 0.3) is 5.91 Å². The Hall–Kier alpha value is -2.84. The number of likely N-dealkylation sites (N-methyl/N-ethyl adjacent to an activating group) is 1. The Morgan fingerprint density at radius 3 is 2.29 bits per heavy atom. The van der Waals surface area contributed by atoms with Gasteiger partial charge < -0.3 is 15.0 Å². The first-order valence-corrected chi connectivity index (χ1v) is 7.64. The Bertz CT molecular complexity index is 716. The molecular weight excluding hydrogens is 302 g/mol. The molecule has 5 heteroatoms. The third-order valence-electron chi connectivity index (χ3n) is 3.86. The van der Waals surface area contributed by atoms with Gasteiger partial charge in [-0.2, -0.15) is 5.26 Å². The zero-order valence-corrected chi connectivity index (χ0v) is 14.1. The molecule has 1 amide bonds. The van der Waals surface area contributed by atoms with Crippen LogP contribution in [0.15, 0.2) is 48.5 Å². The second-order valence-corrected chi connectivity index (χ2v) is 5.65. The van der Waals surface area contributed by atoms with E-state index in [2.05, 4.69) is 10.2 Å². The molecule has 0 aromatic heterocycles. The van der Waals surface area contributed by atoms with Crippen LogP contribution in [0.3, 0.4) is 0 Å². The molecule has 0 spiro atoms. The molecule has 1 N–H and O–H groups in total. The number of amides is 1. The third-order valence-corrected chi connectivity index (χ3v) is 3.86. The minimum absolute atomic E-state index is 0.0539. The lowest BCUT2D eigenvalue weighted by Gasteiger charge is -2.25. The molecule has 0 saturated heterocycles. The molecule has 5 nitrogen and oxygen atoms in total. The minimum Gasteiger partial charge on any atom is -0.497 e. The van der Waals surface area contributed by atoms with Crippen LogP contribution in [0.2, 0.25) is 0 Å². The molecular formula is C19H21N3O2. The van der Waals surface area contributed by atoms with Crippen LogP contribution < -0.4 is 10.1 Å². The van der Waals surface area contributed by atoms with Gasteiger partial charge in [-0.3, -0.25) is 4.79 Å². The third kappa shape index (κ3) is 4.34. The van der Waals surface area contributed by atoms with E-state index in [0.717, 1.165) is 11.3 Å². The number of methoxy groups -OCH3 is 1. The van der Waals surface area contributed by atoms with E-state index in [1.54, 1.807) is 31.4 Å². The Labute approximate surface area is 142 Å². The fourth-order valence-corrected chi connectivity index (χ4v) is 2.41. The van der Waals surface area contributed by atoms with Gasteiger partial charge in [0.1, 0.15) is 5.75 Å². The summed E-state index contributed by atoms with van der Waals surface area (Å²) in [4.78, 5) is 14.3. The van der Waals surface area contributed by atoms with Gasteiger partial charge >= 0.3 is 0 Å². The van der Waals surface area contributed by atoms with E-state index in [4.69, 9.17) is 10.00 Å². The Morgan fingerprint density at radius 1 is 1.17 bits per heavy atom. The predicted molar refractivity (Wildman–Crippen MR) is 92.9 cm³/mol. The van der Waals surface area contributed by atoms with Gasteiger partial charge in [-0.25, -0.2) is 0 Å². The number of hydrogen-bond donors (Lipinski definition) is 1. The van der Waals surface area contributed by atoms with E-state index in [9.17, 15) is 4.79 Å². The van der Waals surface area contributed by atoms with Gasteiger partial charge in [0.2, 0.25) is 0 Å². The molecule has 0 fully saturated rings. The lowest BCUT2D eigenvalue weighted by molar-refractivity contribution is 0.0942. The molecule has 24 heavy (non-hydrogen) atoms. The van der Waals surface area contributed by atoms with Crippen molar-refractivity contribution < 1.29 is 9.53 Å². The number of hydrogen-bond acceptors (Lipinski definition) is 4. The van der Waals surface area contributed by atoms with E-state index in [0.29, 0.717) is 17.7 Å². The largest absolute Gasteiger partial charge is 0.497 e. The molecule has 2 aromatic rings. The average molecular weight is 323 g/mol. The molecule has 0 aliphatic rings. The van der Waals surface area contributed by atoms with Gasteiger partial charge in [-0.05, 0) is 56.1 Å². The summed E-state index contributed by atoms with van der Waals surface area (Å²) in [5, 5.41) is 11.8. The predicted octanol–water partition coefficient (Wildman–Crippen LogP) is 2.60. The SMILES string of the molecule is COc1ccc(C(CNC(=O)c2ccc(C#N)cc2)N(C)C)cc1.